The first-order valence-corrected chi connectivity index (χ1v) is 6.17. The Balaban J connectivity index is 2.11. The minimum absolute atomic E-state index is 0.244. The molecule has 1 nitrogen and oxygen atoms in total. The fraction of sp³-hybridized carbons (Fsp3) is 0.700. The summed E-state index contributed by atoms with van der Waals surface area (Å²) in [4.78, 5) is 11.1. The van der Waals surface area contributed by atoms with Crippen LogP contribution in [0.25, 0.3) is 0 Å². The van der Waals surface area contributed by atoms with Crippen LogP contribution in [0.15, 0.2) is 12.2 Å². The van der Waals surface area contributed by atoms with Gasteiger partial charge >= 0.3 is 0 Å². The van der Waals surface area contributed by atoms with Crippen molar-refractivity contribution in [3.05, 3.63) is 12.2 Å². The van der Waals surface area contributed by atoms with Gasteiger partial charge in [0.05, 0.1) is 6.42 Å². The molecule has 1 atom stereocenters. The van der Waals surface area contributed by atoms with Crippen molar-refractivity contribution < 1.29 is 4.79 Å². The first-order valence-electron chi connectivity index (χ1n) is 4.60. The van der Waals surface area contributed by atoms with E-state index in [1.807, 2.05) is 0 Å². The molecule has 1 aliphatic heterocycles. The molecule has 2 rings (SSSR count). The highest BCUT2D eigenvalue weighted by Gasteiger charge is 2.46. The summed E-state index contributed by atoms with van der Waals surface area (Å²) < 4.78 is 0.244. The maximum atomic E-state index is 11.1. The first-order chi connectivity index (χ1) is 5.71. The Bertz CT molecular complexity index is 228. The summed E-state index contributed by atoms with van der Waals surface area (Å²) in [6.45, 7) is 2.25. The van der Waals surface area contributed by atoms with Crippen LogP contribution in [0.3, 0.4) is 0 Å². The molecular formula is C10H15OS+. The largest absolute Gasteiger partial charge is 0.295 e. The van der Waals surface area contributed by atoms with Crippen LogP contribution in [0, 0.1) is 0 Å². The molecule has 0 bridgehead atoms. The van der Waals surface area contributed by atoms with Crippen molar-refractivity contribution in [1.29, 1.82) is 0 Å². The van der Waals surface area contributed by atoms with Crippen LogP contribution in [-0.2, 0) is 15.7 Å². The van der Waals surface area contributed by atoms with E-state index in [1.165, 1.54) is 24.3 Å². The normalized spacial score (nSPS) is 36.6. The molecule has 2 aliphatic rings. The summed E-state index contributed by atoms with van der Waals surface area (Å²) in [6, 6.07) is 0. The van der Waals surface area contributed by atoms with Crippen LogP contribution in [0.1, 0.15) is 26.2 Å². The highest BCUT2D eigenvalue weighted by atomic mass is 32.2. The van der Waals surface area contributed by atoms with Crippen molar-refractivity contribution in [3.8, 4) is 0 Å². The van der Waals surface area contributed by atoms with Gasteiger partial charge in [-0.1, -0.05) is 0 Å². The molecule has 1 unspecified atom stereocenters. The van der Waals surface area contributed by atoms with Gasteiger partial charge in [-0.15, -0.1) is 0 Å². The Hall–Kier alpha value is -0.240. The monoisotopic (exact) mass is 183 g/mol. The molecule has 0 saturated carbocycles. The molecule has 0 N–H and O–H groups in total. The van der Waals surface area contributed by atoms with Gasteiger partial charge in [0.25, 0.3) is 0 Å². The van der Waals surface area contributed by atoms with Gasteiger partial charge < -0.3 is 0 Å². The first kappa shape index (κ1) is 8.36. The molecule has 0 spiro atoms. The second-order valence-corrected chi connectivity index (χ2v) is 6.63. The molecule has 0 amide bonds. The fourth-order valence-electron chi connectivity index (χ4n) is 2.05. The molecule has 0 aromatic carbocycles. The van der Waals surface area contributed by atoms with Gasteiger partial charge in [0.2, 0.25) is 0 Å². The Morgan fingerprint density at radius 2 is 2.08 bits per heavy atom. The quantitative estimate of drug-likeness (QED) is 0.565. The van der Waals surface area contributed by atoms with E-state index in [4.69, 9.17) is 0 Å². The lowest BCUT2D eigenvalue weighted by Crippen LogP contribution is -2.33. The summed E-state index contributed by atoms with van der Waals surface area (Å²) in [6.07, 6.45) is 7.46. The van der Waals surface area contributed by atoms with Gasteiger partial charge in [-0.25, -0.2) is 0 Å². The Morgan fingerprint density at radius 1 is 1.42 bits per heavy atom. The van der Waals surface area contributed by atoms with Gasteiger partial charge in [-0.3, -0.25) is 4.79 Å². The van der Waals surface area contributed by atoms with Crippen LogP contribution < -0.4 is 0 Å². The van der Waals surface area contributed by atoms with E-state index in [2.05, 4.69) is 13.0 Å². The van der Waals surface area contributed by atoms with E-state index in [-0.39, 0.29) is 4.75 Å². The lowest BCUT2D eigenvalue weighted by molar-refractivity contribution is -0.114. The fourth-order valence-corrected chi connectivity index (χ4v) is 4.90. The number of hydrogen-bond acceptors (Lipinski definition) is 1. The molecule has 1 aliphatic carbocycles. The van der Waals surface area contributed by atoms with Crippen molar-refractivity contribution in [3.63, 3.8) is 0 Å². The molecule has 0 aromatic rings. The molecule has 1 saturated heterocycles. The lowest BCUT2D eigenvalue weighted by atomic mass is 10.1. The molecule has 66 valence electrons. The van der Waals surface area contributed by atoms with Crippen molar-refractivity contribution in [2.75, 3.05) is 11.5 Å². The van der Waals surface area contributed by atoms with Crippen LogP contribution in [-0.4, -0.2) is 22.0 Å². The molecule has 0 aromatic heterocycles. The van der Waals surface area contributed by atoms with Crippen LogP contribution in [0.2, 0.25) is 0 Å². The van der Waals surface area contributed by atoms with Gasteiger partial charge in [-0.05, 0) is 42.8 Å². The molecule has 0 radical (unpaired) electrons. The number of hydrogen-bond donors (Lipinski definition) is 0. The third-order valence-electron chi connectivity index (χ3n) is 2.84. The van der Waals surface area contributed by atoms with Crippen molar-refractivity contribution in [2.45, 2.75) is 30.9 Å². The maximum absolute atomic E-state index is 11.1. The zero-order valence-electron chi connectivity index (χ0n) is 7.51. The number of ketones is 1. The van der Waals surface area contributed by atoms with E-state index in [1.54, 1.807) is 6.08 Å². The molecule has 12 heavy (non-hydrogen) atoms. The minimum Gasteiger partial charge on any atom is -0.295 e. The SMILES string of the molecule is CC1([S+]2CCCC2)C=CC(=O)C1. The highest BCUT2D eigenvalue weighted by molar-refractivity contribution is 7.98. The summed E-state index contributed by atoms with van der Waals surface area (Å²) >= 11 is 0. The smallest absolute Gasteiger partial charge is 0.161 e. The van der Waals surface area contributed by atoms with E-state index < -0.39 is 0 Å². The van der Waals surface area contributed by atoms with Gasteiger partial charge in [0.15, 0.2) is 10.5 Å². The predicted octanol–water partition coefficient (Wildman–Crippen LogP) is 1.69. The number of carbonyl (C=O) groups excluding carboxylic acids is 1. The van der Waals surface area contributed by atoms with Gasteiger partial charge in [0, 0.05) is 0 Å². The zero-order chi connectivity index (χ0) is 8.60. The Morgan fingerprint density at radius 3 is 2.58 bits per heavy atom. The van der Waals surface area contributed by atoms with Crippen LogP contribution in [0.5, 0.6) is 0 Å². The Labute approximate surface area is 76.6 Å². The average Bonchev–Trinajstić information content (AvgIpc) is 2.59. The predicted molar refractivity (Wildman–Crippen MR) is 53.5 cm³/mol. The third kappa shape index (κ3) is 1.33. The number of allylic oxidation sites excluding steroid dienone is 1. The standard InChI is InChI=1S/C10H15OS/c1-10(5-4-9(11)8-10)12-6-2-3-7-12/h4-5H,2-3,6-8H2,1H3/q+1. The zero-order valence-corrected chi connectivity index (χ0v) is 8.32. The highest BCUT2D eigenvalue weighted by Crippen LogP contribution is 2.35. The maximum Gasteiger partial charge on any atom is 0.161 e. The van der Waals surface area contributed by atoms with E-state index in [9.17, 15) is 4.79 Å². The van der Waals surface area contributed by atoms with Crippen molar-refractivity contribution in [2.24, 2.45) is 0 Å². The molecule has 2 heteroatoms. The van der Waals surface area contributed by atoms with Crippen LogP contribution in [0.4, 0.5) is 0 Å². The third-order valence-corrected chi connectivity index (χ3v) is 6.00. The van der Waals surface area contributed by atoms with E-state index >= 15 is 0 Å². The van der Waals surface area contributed by atoms with Gasteiger partial charge in [-0.2, -0.15) is 0 Å². The minimum atomic E-state index is 0.244. The summed E-state index contributed by atoms with van der Waals surface area (Å²) in [7, 11) is 0.503. The van der Waals surface area contributed by atoms with Gasteiger partial charge in [0.1, 0.15) is 11.5 Å². The summed E-state index contributed by atoms with van der Waals surface area (Å²) in [5, 5.41) is 0. The van der Waals surface area contributed by atoms with E-state index in [0.717, 1.165) is 6.42 Å². The average molecular weight is 183 g/mol. The number of carbonyl (C=O) groups is 1. The summed E-state index contributed by atoms with van der Waals surface area (Å²) in [5.41, 5.74) is 0. The lowest BCUT2D eigenvalue weighted by Gasteiger charge is -2.19. The summed E-state index contributed by atoms with van der Waals surface area (Å²) in [5.74, 6) is 3.04. The molecule has 1 heterocycles. The van der Waals surface area contributed by atoms with E-state index in [0.29, 0.717) is 16.7 Å². The topological polar surface area (TPSA) is 17.1 Å². The second-order valence-electron chi connectivity index (χ2n) is 3.90. The molecular weight excluding hydrogens is 168 g/mol. The van der Waals surface area contributed by atoms with Crippen molar-refractivity contribution >= 4 is 16.7 Å². The number of rotatable bonds is 1. The Kier molecular flexibility index (Phi) is 2.03. The second kappa shape index (κ2) is 2.91. The van der Waals surface area contributed by atoms with Crippen molar-refractivity contribution in [1.82, 2.24) is 0 Å². The molecule has 1 fully saturated rings. The van der Waals surface area contributed by atoms with Crippen LogP contribution >= 0.6 is 0 Å².